The first-order valence-electron chi connectivity index (χ1n) is 13.3. The first-order chi connectivity index (χ1) is 19.4. The number of benzene rings is 2. The maximum absolute atomic E-state index is 13.5. The highest BCUT2D eigenvalue weighted by Crippen LogP contribution is 2.32. The predicted octanol–water partition coefficient (Wildman–Crippen LogP) is 2.93. The summed E-state index contributed by atoms with van der Waals surface area (Å²) in [4.78, 5) is 72.9. The van der Waals surface area contributed by atoms with E-state index < -0.39 is 29.7 Å². The van der Waals surface area contributed by atoms with Gasteiger partial charge < -0.3 is 9.80 Å². The number of para-hydroxylation sites is 1. The van der Waals surface area contributed by atoms with Gasteiger partial charge in [0.25, 0.3) is 17.7 Å². The first-order valence-corrected chi connectivity index (χ1v) is 13.3. The van der Waals surface area contributed by atoms with Crippen LogP contribution >= 0.6 is 0 Å². The minimum Gasteiger partial charge on any atom is -0.338 e. The van der Waals surface area contributed by atoms with Gasteiger partial charge in [0.15, 0.2) is 0 Å². The van der Waals surface area contributed by atoms with Crippen molar-refractivity contribution in [2.24, 2.45) is 0 Å². The summed E-state index contributed by atoms with van der Waals surface area (Å²) in [5.74, 6) is -1.69. The zero-order valence-electron chi connectivity index (χ0n) is 21.7. The van der Waals surface area contributed by atoms with Crippen LogP contribution in [0.2, 0.25) is 0 Å². The van der Waals surface area contributed by atoms with Crippen LogP contribution in [0.3, 0.4) is 0 Å². The Balaban J connectivity index is 1.17. The highest BCUT2D eigenvalue weighted by Gasteiger charge is 2.45. The summed E-state index contributed by atoms with van der Waals surface area (Å²) in [6, 6.07) is 19.4. The molecule has 2 saturated heterocycles. The van der Waals surface area contributed by atoms with E-state index in [0.717, 1.165) is 29.2 Å². The molecule has 2 aromatic carbocycles. The van der Waals surface area contributed by atoms with E-state index >= 15 is 0 Å². The highest BCUT2D eigenvalue weighted by atomic mass is 16.2. The molecule has 2 fully saturated rings. The average Bonchev–Trinajstić information content (AvgIpc) is 3.23. The third-order valence-corrected chi connectivity index (χ3v) is 7.73. The lowest BCUT2D eigenvalue weighted by Gasteiger charge is -2.39. The molecule has 1 aromatic heterocycles. The van der Waals surface area contributed by atoms with Crippen molar-refractivity contribution < 1.29 is 24.0 Å². The highest BCUT2D eigenvalue weighted by molar-refractivity contribution is 6.24. The predicted molar refractivity (Wildman–Crippen MR) is 145 cm³/mol. The minimum atomic E-state index is -1.05. The second-order valence-electron chi connectivity index (χ2n) is 10.1. The molecule has 1 unspecified atom stereocenters. The molecule has 1 atom stereocenters. The molecule has 202 valence electrons. The molecule has 40 heavy (non-hydrogen) atoms. The van der Waals surface area contributed by atoms with Gasteiger partial charge in [-0.2, -0.15) is 0 Å². The van der Waals surface area contributed by atoms with Crippen molar-refractivity contribution in [3.63, 3.8) is 0 Å². The SMILES string of the molecule is O=C1CCC(N2C(=O)c3ccc(C(=O)N4CCC(N(c5ccccc5)c5ccccn5)CC4)cc3C2=O)C(=O)N1. The average molecular weight is 538 g/mol. The number of carbonyl (C=O) groups is 5. The van der Waals surface area contributed by atoms with Crippen LogP contribution in [0.15, 0.2) is 72.9 Å². The number of anilines is 2. The Labute approximate surface area is 230 Å². The van der Waals surface area contributed by atoms with Crippen LogP contribution in [0.4, 0.5) is 11.5 Å². The third kappa shape index (κ3) is 4.51. The summed E-state index contributed by atoms with van der Waals surface area (Å²) < 4.78 is 0. The largest absolute Gasteiger partial charge is 0.338 e. The van der Waals surface area contributed by atoms with Crippen molar-refractivity contribution in [3.8, 4) is 0 Å². The maximum Gasteiger partial charge on any atom is 0.262 e. The fourth-order valence-corrected chi connectivity index (χ4v) is 5.73. The molecule has 0 bridgehead atoms. The van der Waals surface area contributed by atoms with Crippen LogP contribution in [-0.4, -0.2) is 69.5 Å². The number of fused-ring (bicyclic) bond motifs is 1. The summed E-state index contributed by atoms with van der Waals surface area (Å²) in [7, 11) is 0. The number of hydrogen-bond acceptors (Lipinski definition) is 7. The molecule has 3 aliphatic rings. The lowest BCUT2D eigenvalue weighted by atomic mass is 10.00. The zero-order valence-corrected chi connectivity index (χ0v) is 21.7. The molecule has 10 heteroatoms. The monoisotopic (exact) mass is 537 g/mol. The van der Waals surface area contributed by atoms with Crippen molar-refractivity contribution in [2.45, 2.75) is 37.8 Å². The number of pyridine rings is 1. The fourth-order valence-electron chi connectivity index (χ4n) is 5.73. The normalized spacial score (nSPS) is 19.4. The standard InChI is InChI=1S/C30H27N5O5/c36-26-12-11-24(27(37)32-26)35-29(39)22-10-9-19(18-23(22)30(35)40)28(38)33-16-13-21(14-17-33)34(20-6-2-1-3-7-20)25-8-4-5-15-31-25/h1-10,15,18,21,24H,11-14,16-17H2,(H,32,36,37). The van der Waals surface area contributed by atoms with Gasteiger partial charge in [0.2, 0.25) is 11.8 Å². The molecule has 3 aliphatic heterocycles. The van der Waals surface area contributed by atoms with Gasteiger partial charge in [0, 0.05) is 43.0 Å². The number of nitrogens with one attached hydrogen (secondary N) is 1. The molecular weight excluding hydrogens is 510 g/mol. The number of piperidine rings is 2. The molecule has 0 saturated carbocycles. The molecule has 0 spiro atoms. The summed E-state index contributed by atoms with van der Waals surface area (Å²) in [5, 5.41) is 2.19. The summed E-state index contributed by atoms with van der Waals surface area (Å²) in [6.07, 6.45) is 3.35. The van der Waals surface area contributed by atoms with Crippen LogP contribution in [0.1, 0.15) is 56.8 Å². The van der Waals surface area contributed by atoms with Crippen LogP contribution in [0.25, 0.3) is 0 Å². The van der Waals surface area contributed by atoms with Crippen LogP contribution in [0, 0.1) is 0 Å². The molecule has 10 nitrogen and oxygen atoms in total. The van der Waals surface area contributed by atoms with Crippen molar-refractivity contribution >= 4 is 41.0 Å². The quantitative estimate of drug-likeness (QED) is 0.497. The smallest absolute Gasteiger partial charge is 0.262 e. The number of aromatic nitrogens is 1. The lowest BCUT2D eigenvalue weighted by molar-refractivity contribution is -0.136. The zero-order chi connectivity index (χ0) is 27.8. The van der Waals surface area contributed by atoms with Gasteiger partial charge in [-0.05, 0) is 61.7 Å². The van der Waals surface area contributed by atoms with Gasteiger partial charge in [-0.3, -0.25) is 34.2 Å². The Morgan fingerprint density at radius 1 is 0.850 bits per heavy atom. The summed E-state index contributed by atoms with van der Waals surface area (Å²) in [5.41, 5.74) is 1.60. The molecule has 0 aliphatic carbocycles. The Hall–Kier alpha value is -4.86. The third-order valence-electron chi connectivity index (χ3n) is 7.73. The Kier molecular flexibility index (Phi) is 6.59. The number of rotatable bonds is 5. The van der Waals surface area contributed by atoms with E-state index in [-0.39, 0.29) is 35.9 Å². The lowest BCUT2D eigenvalue weighted by Crippen LogP contribution is -2.54. The van der Waals surface area contributed by atoms with Gasteiger partial charge >= 0.3 is 0 Å². The molecular formula is C30H27N5O5. The molecule has 1 N–H and O–H groups in total. The van der Waals surface area contributed by atoms with Gasteiger partial charge in [-0.25, -0.2) is 4.98 Å². The van der Waals surface area contributed by atoms with Crippen molar-refractivity contribution in [1.82, 2.24) is 20.1 Å². The van der Waals surface area contributed by atoms with Gasteiger partial charge in [0.1, 0.15) is 11.9 Å². The topological polar surface area (TPSA) is 120 Å². The van der Waals surface area contributed by atoms with Crippen molar-refractivity contribution in [1.29, 1.82) is 0 Å². The Morgan fingerprint density at radius 2 is 1.57 bits per heavy atom. The van der Waals surface area contributed by atoms with Crippen molar-refractivity contribution in [3.05, 3.63) is 89.6 Å². The summed E-state index contributed by atoms with van der Waals surface area (Å²) >= 11 is 0. The van der Waals surface area contributed by atoms with Crippen LogP contribution in [0.5, 0.6) is 0 Å². The Morgan fingerprint density at radius 3 is 2.27 bits per heavy atom. The van der Waals surface area contributed by atoms with Crippen molar-refractivity contribution in [2.75, 3.05) is 18.0 Å². The van der Waals surface area contributed by atoms with Crippen LogP contribution < -0.4 is 10.2 Å². The second kappa shape index (κ2) is 10.4. The number of likely N-dealkylation sites (tertiary alicyclic amines) is 1. The van der Waals surface area contributed by atoms with E-state index in [4.69, 9.17) is 0 Å². The van der Waals surface area contributed by atoms with Gasteiger partial charge in [-0.1, -0.05) is 24.3 Å². The number of carbonyl (C=O) groups excluding carboxylic acids is 5. The minimum absolute atomic E-state index is 0.0472. The first kappa shape index (κ1) is 25.4. The molecule has 0 radical (unpaired) electrons. The molecule has 3 aromatic rings. The summed E-state index contributed by atoms with van der Waals surface area (Å²) in [6.45, 7) is 1.04. The molecule has 4 heterocycles. The van der Waals surface area contributed by atoms with E-state index in [1.807, 2.05) is 48.5 Å². The van der Waals surface area contributed by atoms with E-state index in [2.05, 4.69) is 15.2 Å². The van der Waals surface area contributed by atoms with Gasteiger partial charge in [0.05, 0.1) is 11.1 Å². The number of nitrogens with zero attached hydrogens (tertiary/aromatic N) is 4. The number of amides is 5. The van der Waals surface area contributed by atoms with E-state index in [1.54, 1.807) is 17.2 Å². The van der Waals surface area contributed by atoms with E-state index in [1.165, 1.54) is 12.1 Å². The molecule has 5 amide bonds. The van der Waals surface area contributed by atoms with Gasteiger partial charge in [-0.15, -0.1) is 0 Å². The fraction of sp³-hybridized carbons (Fsp3) is 0.267. The number of hydrogen-bond donors (Lipinski definition) is 1. The van der Waals surface area contributed by atoms with E-state index in [0.29, 0.717) is 18.7 Å². The second-order valence-corrected chi connectivity index (χ2v) is 10.1. The maximum atomic E-state index is 13.5. The van der Waals surface area contributed by atoms with Crippen LogP contribution in [-0.2, 0) is 9.59 Å². The molecule has 6 rings (SSSR count). The number of imide groups is 2. The Bertz CT molecular complexity index is 1460. The van der Waals surface area contributed by atoms with E-state index in [9.17, 15) is 24.0 Å².